The van der Waals surface area contributed by atoms with Crippen molar-refractivity contribution in [1.82, 2.24) is 0 Å². The third kappa shape index (κ3) is 4.70. The van der Waals surface area contributed by atoms with E-state index in [9.17, 15) is 0 Å². The van der Waals surface area contributed by atoms with E-state index in [0.29, 0.717) is 0 Å². The van der Waals surface area contributed by atoms with E-state index in [2.05, 4.69) is 172 Å². The van der Waals surface area contributed by atoms with Crippen molar-refractivity contribution in [1.29, 1.82) is 0 Å². The Hall–Kier alpha value is -5.86. The van der Waals surface area contributed by atoms with Crippen molar-refractivity contribution in [2.24, 2.45) is 0 Å². The van der Waals surface area contributed by atoms with Crippen LogP contribution in [0.3, 0.4) is 0 Å². The van der Waals surface area contributed by atoms with Gasteiger partial charge in [0, 0.05) is 39.3 Å². The second-order valence-corrected chi connectivity index (χ2v) is 13.9. The first-order valence-electron chi connectivity index (χ1n) is 17.1. The van der Waals surface area contributed by atoms with Crippen molar-refractivity contribution in [3.05, 3.63) is 174 Å². The number of benzene rings is 7. The van der Waals surface area contributed by atoms with Crippen molar-refractivity contribution in [2.45, 2.75) is 33.1 Å². The Balaban J connectivity index is 1.19. The van der Waals surface area contributed by atoms with Crippen LogP contribution >= 0.6 is 0 Å². The summed E-state index contributed by atoms with van der Waals surface area (Å²) in [6.45, 7) is 9.15. The van der Waals surface area contributed by atoms with Crippen LogP contribution in [0.1, 0.15) is 36.1 Å². The molecule has 0 fully saturated rings. The van der Waals surface area contributed by atoms with E-state index in [1.807, 2.05) is 12.1 Å². The Morgan fingerprint density at radius 2 is 1.08 bits per heavy atom. The van der Waals surface area contributed by atoms with Gasteiger partial charge >= 0.3 is 0 Å². The zero-order chi connectivity index (χ0) is 33.3. The summed E-state index contributed by atoms with van der Waals surface area (Å²) in [5.41, 5.74) is 17.8. The lowest BCUT2D eigenvalue weighted by atomic mass is 9.82. The largest absolute Gasteiger partial charge is 0.456 e. The standard InChI is InChI=1S/C47H37NO/c1-30-27-44(31(2)26-41(30)34-20-18-33(19-21-34)32-12-6-5-7-13-32)48(36-23-25-40-39-15-9-11-17-45(39)49-46(40)29-36)35-22-24-38-37-14-8-10-16-42(37)47(3,4)43(38)28-35/h5-29H,1-4H3. The third-order valence-electron chi connectivity index (χ3n) is 10.5. The summed E-state index contributed by atoms with van der Waals surface area (Å²) < 4.78 is 6.41. The first-order valence-corrected chi connectivity index (χ1v) is 17.1. The molecule has 0 spiro atoms. The van der Waals surface area contributed by atoms with Crippen molar-refractivity contribution >= 4 is 39.0 Å². The van der Waals surface area contributed by atoms with Gasteiger partial charge in [-0.2, -0.15) is 0 Å². The van der Waals surface area contributed by atoms with Gasteiger partial charge < -0.3 is 9.32 Å². The number of hydrogen-bond donors (Lipinski definition) is 0. The molecule has 2 heteroatoms. The topological polar surface area (TPSA) is 16.4 Å². The van der Waals surface area contributed by atoms with E-state index in [1.165, 1.54) is 55.6 Å². The summed E-state index contributed by atoms with van der Waals surface area (Å²) in [6, 6.07) is 55.0. The summed E-state index contributed by atoms with van der Waals surface area (Å²) >= 11 is 0. The fraction of sp³-hybridized carbons (Fsp3) is 0.106. The highest BCUT2D eigenvalue weighted by atomic mass is 16.3. The van der Waals surface area contributed by atoms with E-state index >= 15 is 0 Å². The van der Waals surface area contributed by atoms with Crippen LogP contribution in [0.2, 0.25) is 0 Å². The number of fused-ring (bicyclic) bond motifs is 6. The highest BCUT2D eigenvalue weighted by molar-refractivity contribution is 6.06. The Bertz CT molecular complexity index is 2540. The molecule has 9 rings (SSSR count). The number of furan rings is 1. The Morgan fingerprint density at radius 3 is 1.92 bits per heavy atom. The van der Waals surface area contributed by atoms with E-state index in [1.54, 1.807) is 0 Å². The summed E-state index contributed by atoms with van der Waals surface area (Å²) in [5, 5.41) is 2.27. The molecule has 1 aromatic heterocycles. The predicted octanol–water partition coefficient (Wildman–Crippen LogP) is 13.3. The molecule has 7 aromatic carbocycles. The minimum absolute atomic E-state index is 0.100. The van der Waals surface area contributed by atoms with Gasteiger partial charge in [0.2, 0.25) is 0 Å². The number of nitrogens with zero attached hydrogens (tertiary/aromatic N) is 1. The monoisotopic (exact) mass is 631 g/mol. The molecule has 1 aliphatic carbocycles. The minimum atomic E-state index is -0.100. The van der Waals surface area contributed by atoms with Gasteiger partial charge in [-0.1, -0.05) is 117 Å². The van der Waals surface area contributed by atoms with Crippen LogP contribution in [0.4, 0.5) is 17.1 Å². The van der Waals surface area contributed by atoms with Gasteiger partial charge in [-0.3, -0.25) is 0 Å². The Morgan fingerprint density at radius 1 is 0.449 bits per heavy atom. The van der Waals surface area contributed by atoms with Gasteiger partial charge in [-0.15, -0.1) is 0 Å². The molecule has 8 aromatic rings. The smallest absolute Gasteiger partial charge is 0.137 e. The normalized spacial score (nSPS) is 13.1. The van der Waals surface area contributed by atoms with E-state index in [0.717, 1.165) is 39.0 Å². The maximum absolute atomic E-state index is 6.41. The maximum Gasteiger partial charge on any atom is 0.137 e. The average Bonchev–Trinajstić information content (AvgIpc) is 3.62. The second kappa shape index (κ2) is 11.1. The molecule has 0 unspecified atom stereocenters. The quantitative estimate of drug-likeness (QED) is 0.188. The fourth-order valence-electron chi connectivity index (χ4n) is 7.94. The molecule has 0 atom stereocenters. The Labute approximate surface area is 287 Å². The lowest BCUT2D eigenvalue weighted by Gasteiger charge is -2.30. The van der Waals surface area contributed by atoms with Crippen LogP contribution in [0.15, 0.2) is 156 Å². The molecule has 236 valence electrons. The number of anilines is 3. The zero-order valence-corrected chi connectivity index (χ0v) is 28.3. The van der Waals surface area contributed by atoms with Crippen LogP contribution in [-0.4, -0.2) is 0 Å². The zero-order valence-electron chi connectivity index (χ0n) is 28.3. The van der Waals surface area contributed by atoms with E-state index in [4.69, 9.17) is 4.42 Å². The molecule has 0 aliphatic heterocycles. The molecule has 0 N–H and O–H groups in total. The summed E-state index contributed by atoms with van der Waals surface area (Å²) in [4.78, 5) is 2.41. The SMILES string of the molecule is Cc1cc(N(c2ccc3c(c2)C(C)(C)c2ccccc2-3)c2ccc3c(c2)oc2ccccc23)c(C)cc1-c1ccc(-c2ccccc2)cc1. The highest BCUT2D eigenvalue weighted by Crippen LogP contribution is 2.51. The summed E-state index contributed by atoms with van der Waals surface area (Å²) in [5.74, 6) is 0. The van der Waals surface area contributed by atoms with Gasteiger partial charge in [0.15, 0.2) is 0 Å². The summed E-state index contributed by atoms with van der Waals surface area (Å²) in [7, 11) is 0. The number of hydrogen-bond acceptors (Lipinski definition) is 2. The molecule has 0 saturated carbocycles. The molecule has 0 amide bonds. The minimum Gasteiger partial charge on any atom is -0.456 e. The molecule has 2 nitrogen and oxygen atoms in total. The third-order valence-corrected chi connectivity index (χ3v) is 10.5. The second-order valence-electron chi connectivity index (χ2n) is 13.9. The van der Waals surface area contributed by atoms with Crippen LogP contribution in [0.5, 0.6) is 0 Å². The van der Waals surface area contributed by atoms with Crippen LogP contribution < -0.4 is 4.90 Å². The van der Waals surface area contributed by atoms with Gasteiger partial charge in [-0.05, 0) is 112 Å². The van der Waals surface area contributed by atoms with E-state index < -0.39 is 0 Å². The Kier molecular flexibility index (Phi) is 6.64. The first-order chi connectivity index (χ1) is 23.9. The molecule has 49 heavy (non-hydrogen) atoms. The van der Waals surface area contributed by atoms with Crippen molar-refractivity contribution < 1.29 is 4.42 Å². The van der Waals surface area contributed by atoms with Crippen LogP contribution in [0.25, 0.3) is 55.3 Å². The summed E-state index contributed by atoms with van der Waals surface area (Å²) in [6.07, 6.45) is 0. The molecule has 0 bridgehead atoms. The lowest BCUT2D eigenvalue weighted by Crippen LogP contribution is -2.17. The molecular formula is C47H37NO. The predicted molar refractivity (Wildman–Crippen MR) is 206 cm³/mol. The number of rotatable bonds is 5. The fourth-order valence-corrected chi connectivity index (χ4v) is 7.94. The van der Waals surface area contributed by atoms with E-state index in [-0.39, 0.29) is 5.41 Å². The maximum atomic E-state index is 6.41. The van der Waals surface area contributed by atoms with Crippen LogP contribution in [0, 0.1) is 13.8 Å². The van der Waals surface area contributed by atoms with Gasteiger partial charge in [-0.25, -0.2) is 0 Å². The highest BCUT2D eigenvalue weighted by Gasteiger charge is 2.36. The van der Waals surface area contributed by atoms with Gasteiger partial charge in [0.05, 0.1) is 0 Å². The lowest BCUT2D eigenvalue weighted by molar-refractivity contribution is 0.660. The molecule has 1 aliphatic rings. The van der Waals surface area contributed by atoms with Crippen LogP contribution in [-0.2, 0) is 5.41 Å². The van der Waals surface area contributed by atoms with Crippen molar-refractivity contribution in [3.63, 3.8) is 0 Å². The first kappa shape index (κ1) is 29.3. The van der Waals surface area contributed by atoms with Crippen molar-refractivity contribution in [2.75, 3.05) is 4.90 Å². The average molecular weight is 632 g/mol. The molecular weight excluding hydrogens is 595 g/mol. The number of aryl methyl sites for hydroxylation is 2. The molecule has 0 saturated heterocycles. The van der Waals surface area contributed by atoms with Crippen molar-refractivity contribution in [3.8, 4) is 33.4 Å². The van der Waals surface area contributed by atoms with Gasteiger partial charge in [0.1, 0.15) is 11.2 Å². The molecule has 1 heterocycles. The number of para-hydroxylation sites is 1. The molecule has 0 radical (unpaired) electrons. The van der Waals surface area contributed by atoms with Gasteiger partial charge in [0.25, 0.3) is 0 Å².